The highest BCUT2D eigenvalue weighted by atomic mass is 35.5. The SMILES string of the molecule is COC(=O)c1ccc(Cl)c(NC(C)c2nccn2C)c1. The van der Waals surface area contributed by atoms with Gasteiger partial charge in [0.05, 0.1) is 29.4 Å². The first kappa shape index (κ1) is 14.4. The van der Waals surface area contributed by atoms with Gasteiger partial charge in [0.15, 0.2) is 0 Å². The van der Waals surface area contributed by atoms with E-state index in [4.69, 9.17) is 16.3 Å². The van der Waals surface area contributed by atoms with Gasteiger partial charge in [0, 0.05) is 19.4 Å². The molecule has 0 amide bonds. The van der Waals surface area contributed by atoms with Gasteiger partial charge in [-0.05, 0) is 25.1 Å². The van der Waals surface area contributed by atoms with E-state index in [0.29, 0.717) is 16.3 Å². The average molecular weight is 294 g/mol. The van der Waals surface area contributed by atoms with Crippen molar-refractivity contribution < 1.29 is 9.53 Å². The summed E-state index contributed by atoms with van der Waals surface area (Å²) in [6.07, 6.45) is 3.61. The topological polar surface area (TPSA) is 56.1 Å². The van der Waals surface area contributed by atoms with E-state index >= 15 is 0 Å². The summed E-state index contributed by atoms with van der Waals surface area (Å²) >= 11 is 6.15. The molecule has 0 saturated carbocycles. The number of aromatic nitrogens is 2. The minimum atomic E-state index is -0.394. The van der Waals surface area contributed by atoms with E-state index < -0.39 is 5.97 Å². The molecule has 1 aromatic heterocycles. The maximum atomic E-state index is 11.5. The number of nitrogens with zero attached hydrogens (tertiary/aromatic N) is 2. The Morgan fingerprint density at radius 3 is 2.85 bits per heavy atom. The molecule has 0 fully saturated rings. The first-order valence-corrected chi connectivity index (χ1v) is 6.52. The summed E-state index contributed by atoms with van der Waals surface area (Å²) in [6.45, 7) is 1.98. The van der Waals surface area contributed by atoms with Crippen molar-refractivity contribution in [1.82, 2.24) is 9.55 Å². The van der Waals surface area contributed by atoms with Gasteiger partial charge in [-0.15, -0.1) is 0 Å². The molecule has 1 heterocycles. The van der Waals surface area contributed by atoms with Crippen molar-refractivity contribution in [3.05, 3.63) is 47.0 Å². The van der Waals surface area contributed by atoms with Crippen LogP contribution in [0.25, 0.3) is 0 Å². The van der Waals surface area contributed by atoms with E-state index in [1.54, 1.807) is 24.4 Å². The molecule has 6 heteroatoms. The van der Waals surface area contributed by atoms with Crippen LogP contribution in [0.2, 0.25) is 5.02 Å². The molecule has 1 atom stereocenters. The first-order valence-electron chi connectivity index (χ1n) is 6.14. The fraction of sp³-hybridized carbons (Fsp3) is 0.286. The van der Waals surface area contributed by atoms with E-state index in [-0.39, 0.29) is 6.04 Å². The molecule has 0 spiro atoms. The molecule has 5 nitrogen and oxygen atoms in total. The molecular formula is C14H16ClN3O2. The summed E-state index contributed by atoms with van der Waals surface area (Å²) in [5.74, 6) is 0.485. The predicted octanol–water partition coefficient (Wildman–Crippen LogP) is 3.03. The summed E-state index contributed by atoms with van der Waals surface area (Å²) < 4.78 is 6.63. The number of carbonyl (C=O) groups is 1. The van der Waals surface area contributed by atoms with Gasteiger partial charge in [-0.25, -0.2) is 9.78 Å². The van der Waals surface area contributed by atoms with E-state index in [9.17, 15) is 4.79 Å². The van der Waals surface area contributed by atoms with Crippen LogP contribution in [-0.2, 0) is 11.8 Å². The Morgan fingerprint density at radius 2 is 2.25 bits per heavy atom. The molecule has 0 bridgehead atoms. The monoisotopic (exact) mass is 293 g/mol. The van der Waals surface area contributed by atoms with Crippen LogP contribution in [0.15, 0.2) is 30.6 Å². The zero-order chi connectivity index (χ0) is 14.7. The lowest BCUT2D eigenvalue weighted by atomic mass is 10.2. The Hall–Kier alpha value is -2.01. The molecule has 1 unspecified atom stereocenters. The second kappa shape index (κ2) is 5.96. The standard InChI is InChI=1S/C14H16ClN3O2/c1-9(13-16-6-7-18(13)2)17-12-8-10(14(19)20-3)4-5-11(12)15/h4-9,17H,1-3H3. The highest BCUT2D eigenvalue weighted by Gasteiger charge is 2.14. The van der Waals surface area contributed by atoms with Crippen LogP contribution in [0.3, 0.4) is 0 Å². The van der Waals surface area contributed by atoms with Crippen LogP contribution in [0.4, 0.5) is 5.69 Å². The number of imidazole rings is 1. The number of methoxy groups -OCH3 is 1. The minimum absolute atomic E-state index is 0.0413. The number of aryl methyl sites for hydroxylation is 1. The van der Waals surface area contributed by atoms with E-state index in [1.807, 2.05) is 24.7 Å². The maximum absolute atomic E-state index is 11.5. The Bertz CT molecular complexity index is 625. The maximum Gasteiger partial charge on any atom is 0.337 e. The fourth-order valence-corrected chi connectivity index (χ4v) is 2.15. The number of hydrogen-bond donors (Lipinski definition) is 1. The molecule has 1 N–H and O–H groups in total. The summed E-state index contributed by atoms with van der Waals surface area (Å²) in [7, 11) is 3.27. The van der Waals surface area contributed by atoms with Crippen molar-refractivity contribution in [3.63, 3.8) is 0 Å². The van der Waals surface area contributed by atoms with Crippen LogP contribution in [-0.4, -0.2) is 22.6 Å². The van der Waals surface area contributed by atoms with E-state index in [1.165, 1.54) is 7.11 Å². The van der Waals surface area contributed by atoms with Crippen molar-refractivity contribution >= 4 is 23.3 Å². The lowest BCUT2D eigenvalue weighted by Crippen LogP contribution is -2.12. The summed E-state index contributed by atoms with van der Waals surface area (Å²) in [5.41, 5.74) is 1.12. The van der Waals surface area contributed by atoms with Gasteiger partial charge in [-0.3, -0.25) is 0 Å². The average Bonchev–Trinajstić information content (AvgIpc) is 2.86. The third kappa shape index (κ3) is 2.93. The molecule has 0 aliphatic rings. The van der Waals surface area contributed by atoms with Crippen LogP contribution < -0.4 is 5.32 Å². The van der Waals surface area contributed by atoms with Gasteiger partial charge in [-0.1, -0.05) is 11.6 Å². The minimum Gasteiger partial charge on any atom is -0.465 e. The number of carbonyl (C=O) groups excluding carboxylic acids is 1. The van der Waals surface area contributed by atoms with Gasteiger partial charge >= 0.3 is 5.97 Å². The number of esters is 1. The Kier molecular flexibility index (Phi) is 4.29. The van der Waals surface area contributed by atoms with E-state index in [0.717, 1.165) is 5.82 Å². The molecule has 0 radical (unpaired) electrons. The summed E-state index contributed by atoms with van der Waals surface area (Å²) in [4.78, 5) is 15.8. The number of rotatable bonds is 4. The predicted molar refractivity (Wildman–Crippen MR) is 78.0 cm³/mol. The normalized spacial score (nSPS) is 12.0. The lowest BCUT2D eigenvalue weighted by Gasteiger charge is -2.16. The van der Waals surface area contributed by atoms with Gasteiger partial charge in [0.25, 0.3) is 0 Å². The molecular weight excluding hydrogens is 278 g/mol. The first-order chi connectivity index (χ1) is 9.52. The Balaban J connectivity index is 2.24. The Morgan fingerprint density at radius 1 is 1.50 bits per heavy atom. The molecule has 2 aromatic rings. The number of anilines is 1. The number of ether oxygens (including phenoxy) is 1. The van der Waals surface area contributed by atoms with Crippen molar-refractivity contribution in [2.24, 2.45) is 7.05 Å². The highest BCUT2D eigenvalue weighted by Crippen LogP contribution is 2.27. The fourth-order valence-electron chi connectivity index (χ4n) is 1.97. The van der Waals surface area contributed by atoms with Gasteiger partial charge in [-0.2, -0.15) is 0 Å². The lowest BCUT2D eigenvalue weighted by molar-refractivity contribution is 0.0601. The van der Waals surface area contributed by atoms with Crippen molar-refractivity contribution in [3.8, 4) is 0 Å². The quantitative estimate of drug-likeness (QED) is 0.880. The summed E-state index contributed by atoms with van der Waals surface area (Å²) in [6, 6.07) is 4.93. The van der Waals surface area contributed by atoms with Gasteiger partial charge < -0.3 is 14.6 Å². The number of nitrogens with one attached hydrogen (secondary N) is 1. The van der Waals surface area contributed by atoms with Crippen LogP contribution in [0.5, 0.6) is 0 Å². The second-order valence-electron chi connectivity index (χ2n) is 4.45. The molecule has 2 rings (SSSR count). The summed E-state index contributed by atoms with van der Waals surface area (Å²) in [5, 5.41) is 3.79. The van der Waals surface area contributed by atoms with E-state index in [2.05, 4.69) is 10.3 Å². The van der Waals surface area contributed by atoms with Crippen LogP contribution in [0.1, 0.15) is 29.1 Å². The number of halogens is 1. The Labute approximate surface area is 122 Å². The zero-order valence-electron chi connectivity index (χ0n) is 11.6. The van der Waals surface area contributed by atoms with Crippen molar-refractivity contribution in [2.45, 2.75) is 13.0 Å². The molecule has 0 aliphatic heterocycles. The molecule has 106 valence electrons. The third-order valence-corrected chi connectivity index (χ3v) is 3.33. The van der Waals surface area contributed by atoms with Crippen LogP contribution >= 0.6 is 11.6 Å². The smallest absolute Gasteiger partial charge is 0.337 e. The molecule has 0 aliphatic carbocycles. The molecule has 0 saturated heterocycles. The molecule has 1 aromatic carbocycles. The largest absolute Gasteiger partial charge is 0.465 e. The number of benzene rings is 1. The van der Waals surface area contributed by atoms with Crippen molar-refractivity contribution in [2.75, 3.05) is 12.4 Å². The van der Waals surface area contributed by atoms with Crippen molar-refractivity contribution in [1.29, 1.82) is 0 Å². The second-order valence-corrected chi connectivity index (χ2v) is 4.86. The number of hydrogen-bond acceptors (Lipinski definition) is 4. The third-order valence-electron chi connectivity index (χ3n) is 3.01. The van der Waals surface area contributed by atoms with Crippen LogP contribution in [0, 0.1) is 0 Å². The van der Waals surface area contributed by atoms with Gasteiger partial charge in [0.2, 0.25) is 0 Å². The molecule has 20 heavy (non-hydrogen) atoms. The highest BCUT2D eigenvalue weighted by molar-refractivity contribution is 6.33. The zero-order valence-corrected chi connectivity index (χ0v) is 12.3. The van der Waals surface area contributed by atoms with Gasteiger partial charge in [0.1, 0.15) is 5.82 Å².